The smallest absolute Gasteiger partial charge is 0.221 e. The highest BCUT2D eigenvalue weighted by molar-refractivity contribution is 14.0. The number of ether oxygens (including phenoxy) is 1. The number of aliphatic imine (C=N–C) groups is 1. The molecule has 0 bridgehead atoms. The maximum Gasteiger partial charge on any atom is 0.221 e. The van der Waals surface area contributed by atoms with Crippen LogP contribution in [-0.2, 0) is 17.9 Å². The molecule has 0 radical (unpaired) electrons. The van der Waals surface area contributed by atoms with Gasteiger partial charge in [-0.3, -0.25) is 14.2 Å². The van der Waals surface area contributed by atoms with E-state index >= 15 is 0 Å². The molecule has 1 aromatic carbocycles. The zero-order valence-electron chi connectivity index (χ0n) is 16.5. The fourth-order valence-corrected chi connectivity index (χ4v) is 2.73. The summed E-state index contributed by atoms with van der Waals surface area (Å²) in [7, 11) is 3.27. The summed E-state index contributed by atoms with van der Waals surface area (Å²) >= 11 is 0. The zero-order chi connectivity index (χ0) is 19.9. The molecule has 0 unspecified atom stereocenters. The number of carbonyl (C=O) groups excluding carboxylic acids is 1. The highest BCUT2D eigenvalue weighted by Crippen LogP contribution is 2.25. The topological polar surface area (TPSA) is 105 Å². The normalized spacial score (nSPS) is 10.9. The van der Waals surface area contributed by atoms with Crippen LogP contribution >= 0.6 is 24.0 Å². The first-order valence-electron chi connectivity index (χ1n) is 8.78. The van der Waals surface area contributed by atoms with Crippen LogP contribution in [0.4, 0.5) is 5.69 Å². The molecular weight excluding hydrogens is 485 g/mol. The van der Waals surface area contributed by atoms with Gasteiger partial charge in [-0.25, -0.2) is 0 Å². The van der Waals surface area contributed by atoms with Gasteiger partial charge in [0.15, 0.2) is 17.4 Å². The van der Waals surface area contributed by atoms with Gasteiger partial charge in [0.1, 0.15) is 5.75 Å². The molecule has 29 heavy (non-hydrogen) atoms. The molecule has 0 aliphatic carbocycles. The van der Waals surface area contributed by atoms with Crippen molar-refractivity contribution >= 4 is 47.2 Å². The molecule has 0 spiro atoms. The number of pyridine rings is 1. The molecule has 0 aliphatic rings. The van der Waals surface area contributed by atoms with Crippen molar-refractivity contribution in [2.45, 2.75) is 20.0 Å². The van der Waals surface area contributed by atoms with E-state index in [4.69, 9.17) is 4.74 Å². The van der Waals surface area contributed by atoms with Crippen molar-refractivity contribution in [1.29, 1.82) is 0 Å². The van der Waals surface area contributed by atoms with E-state index in [0.717, 1.165) is 17.0 Å². The van der Waals surface area contributed by atoms with Crippen molar-refractivity contribution in [2.24, 2.45) is 4.99 Å². The van der Waals surface area contributed by atoms with Gasteiger partial charge in [-0.05, 0) is 29.8 Å². The Kier molecular flexibility index (Phi) is 8.19. The fraction of sp³-hybridized carbons (Fsp3) is 0.263. The highest BCUT2D eigenvalue weighted by atomic mass is 127. The Hall–Kier alpha value is -2.89. The number of fused-ring (bicyclic) bond motifs is 1. The number of nitrogens with zero attached hydrogens (tertiary/aromatic N) is 4. The van der Waals surface area contributed by atoms with Gasteiger partial charge in [0.25, 0.3) is 0 Å². The summed E-state index contributed by atoms with van der Waals surface area (Å²) in [5.41, 5.74) is 2.40. The molecule has 1 amide bonds. The number of benzene rings is 1. The summed E-state index contributed by atoms with van der Waals surface area (Å²) in [6.45, 7) is 2.46. The summed E-state index contributed by atoms with van der Waals surface area (Å²) in [5.74, 6) is 1.88. The Morgan fingerprint density at radius 3 is 2.69 bits per heavy atom. The molecule has 2 aromatic heterocycles. The SMILES string of the molecule is CN=C(NCc1ccc(OC)c(NC(C)=O)c1)NCc1nnc2ccccn12.I. The fourth-order valence-electron chi connectivity index (χ4n) is 2.73. The maximum atomic E-state index is 11.4. The van der Waals surface area contributed by atoms with E-state index in [0.29, 0.717) is 30.5 Å². The largest absolute Gasteiger partial charge is 0.495 e. The lowest BCUT2D eigenvalue weighted by atomic mass is 10.2. The third-order valence-corrected chi connectivity index (χ3v) is 4.06. The second-order valence-electron chi connectivity index (χ2n) is 6.04. The van der Waals surface area contributed by atoms with Crippen molar-refractivity contribution in [3.63, 3.8) is 0 Å². The number of amides is 1. The first kappa shape index (κ1) is 22.4. The number of aromatic nitrogens is 3. The van der Waals surface area contributed by atoms with Gasteiger partial charge in [-0.2, -0.15) is 0 Å². The van der Waals surface area contributed by atoms with Crippen LogP contribution in [0, 0.1) is 0 Å². The van der Waals surface area contributed by atoms with Crippen molar-refractivity contribution in [3.05, 3.63) is 54.0 Å². The molecule has 9 nitrogen and oxygen atoms in total. The Labute approximate surface area is 186 Å². The van der Waals surface area contributed by atoms with E-state index in [-0.39, 0.29) is 29.9 Å². The number of anilines is 1. The lowest BCUT2D eigenvalue weighted by Gasteiger charge is -2.14. The zero-order valence-corrected chi connectivity index (χ0v) is 18.8. The van der Waals surface area contributed by atoms with Gasteiger partial charge in [-0.15, -0.1) is 34.2 Å². The summed E-state index contributed by atoms with van der Waals surface area (Å²) in [4.78, 5) is 15.6. The molecule has 3 rings (SSSR count). The van der Waals surface area contributed by atoms with E-state index in [9.17, 15) is 4.79 Å². The number of carbonyl (C=O) groups is 1. The van der Waals surface area contributed by atoms with E-state index in [1.807, 2.05) is 47.0 Å². The number of rotatable bonds is 6. The Morgan fingerprint density at radius 2 is 1.97 bits per heavy atom. The average molecular weight is 509 g/mol. The number of hydrogen-bond acceptors (Lipinski definition) is 5. The first-order chi connectivity index (χ1) is 13.6. The average Bonchev–Trinajstić information content (AvgIpc) is 3.11. The van der Waals surface area contributed by atoms with Gasteiger partial charge in [0.2, 0.25) is 5.91 Å². The minimum absolute atomic E-state index is 0. The van der Waals surface area contributed by atoms with Crippen LogP contribution in [0.3, 0.4) is 0 Å². The van der Waals surface area contributed by atoms with E-state index in [2.05, 4.69) is 31.1 Å². The molecule has 3 aromatic rings. The number of methoxy groups -OCH3 is 1. The van der Waals surface area contributed by atoms with E-state index < -0.39 is 0 Å². The van der Waals surface area contributed by atoms with Crippen LogP contribution in [0.1, 0.15) is 18.3 Å². The molecule has 0 saturated heterocycles. The van der Waals surface area contributed by atoms with Crippen LogP contribution in [-0.4, -0.2) is 40.6 Å². The monoisotopic (exact) mass is 509 g/mol. The Morgan fingerprint density at radius 1 is 1.17 bits per heavy atom. The molecule has 154 valence electrons. The lowest BCUT2D eigenvalue weighted by Crippen LogP contribution is -2.36. The third-order valence-electron chi connectivity index (χ3n) is 4.06. The second kappa shape index (κ2) is 10.6. The number of guanidine groups is 1. The molecule has 0 aliphatic heterocycles. The summed E-state index contributed by atoms with van der Waals surface area (Å²) in [5, 5.41) is 17.6. The predicted octanol–water partition coefficient (Wildman–Crippen LogP) is 2.18. The molecule has 0 saturated carbocycles. The number of nitrogens with one attached hydrogen (secondary N) is 3. The molecule has 0 fully saturated rings. The van der Waals surface area contributed by atoms with Gasteiger partial charge in [0, 0.05) is 26.7 Å². The van der Waals surface area contributed by atoms with Crippen molar-refractivity contribution in [2.75, 3.05) is 19.5 Å². The minimum atomic E-state index is -0.151. The van der Waals surface area contributed by atoms with Crippen LogP contribution in [0.2, 0.25) is 0 Å². The highest BCUT2D eigenvalue weighted by Gasteiger charge is 2.08. The van der Waals surface area contributed by atoms with Gasteiger partial charge in [0.05, 0.1) is 19.3 Å². The van der Waals surface area contributed by atoms with Gasteiger partial charge >= 0.3 is 0 Å². The standard InChI is InChI=1S/C19H23N7O2.HI/c1-13(27)23-15-10-14(7-8-16(15)28-3)11-21-19(20-2)22-12-18-25-24-17-6-4-5-9-26(17)18;/h4-10H,11-12H2,1-3H3,(H,23,27)(H2,20,21,22);1H. The summed E-state index contributed by atoms with van der Waals surface area (Å²) in [6.07, 6.45) is 1.92. The van der Waals surface area contributed by atoms with Crippen molar-refractivity contribution < 1.29 is 9.53 Å². The van der Waals surface area contributed by atoms with Crippen LogP contribution in [0.15, 0.2) is 47.6 Å². The first-order valence-corrected chi connectivity index (χ1v) is 8.78. The third kappa shape index (κ3) is 5.79. The molecule has 10 heteroatoms. The van der Waals surface area contributed by atoms with Gasteiger partial charge in [-0.1, -0.05) is 12.1 Å². The minimum Gasteiger partial charge on any atom is -0.495 e. The Bertz CT molecular complexity index is 1000. The Balaban J connectivity index is 0.00000300. The lowest BCUT2D eigenvalue weighted by molar-refractivity contribution is -0.114. The maximum absolute atomic E-state index is 11.4. The summed E-state index contributed by atoms with van der Waals surface area (Å²) < 4.78 is 7.20. The van der Waals surface area contributed by atoms with Crippen molar-refractivity contribution in [1.82, 2.24) is 25.2 Å². The van der Waals surface area contributed by atoms with Crippen LogP contribution < -0.4 is 20.7 Å². The molecular formula is C19H24IN7O2. The second-order valence-corrected chi connectivity index (χ2v) is 6.04. The predicted molar refractivity (Wildman–Crippen MR) is 123 cm³/mol. The molecule has 0 atom stereocenters. The van der Waals surface area contributed by atoms with Gasteiger partial charge < -0.3 is 20.7 Å². The quantitative estimate of drug-likeness (QED) is 0.268. The van der Waals surface area contributed by atoms with Crippen LogP contribution in [0.5, 0.6) is 5.75 Å². The number of halogens is 1. The van der Waals surface area contributed by atoms with E-state index in [1.54, 1.807) is 14.2 Å². The van der Waals surface area contributed by atoms with Crippen LogP contribution in [0.25, 0.3) is 5.65 Å². The van der Waals surface area contributed by atoms with E-state index in [1.165, 1.54) is 6.92 Å². The molecule has 2 heterocycles. The van der Waals surface area contributed by atoms with Crippen molar-refractivity contribution in [3.8, 4) is 5.75 Å². The molecule has 3 N–H and O–H groups in total. The summed E-state index contributed by atoms with van der Waals surface area (Å²) in [6, 6.07) is 11.4. The number of hydrogen-bond donors (Lipinski definition) is 3.